The van der Waals surface area contributed by atoms with Gasteiger partial charge in [0.25, 0.3) is 0 Å². The summed E-state index contributed by atoms with van der Waals surface area (Å²) in [5, 5.41) is 14.2. The Bertz CT molecular complexity index is 389. The summed E-state index contributed by atoms with van der Waals surface area (Å²) < 4.78 is 1.81. The van der Waals surface area contributed by atoms with Gasteiger partial charge in [0.1, 0.15) is 0 Å². The van der Waals surface area contributed by atoms with Crippen LogP contribution in [-0.2, 0) is 7.05 Å². The molecule has 2 unspecified atom stereocenters. The molecule has 1 aliphatic rings. The normalized spacial score (nSPS) is 23.8. The van der Waals surface area contributed by atoms with Crippen LogP contribution in [0.25, 0.3) is 0 Å². The smallest absolute Gasteiger partial charge is 0.0644 e. The molecule has 5 heteroatoms. The van der Waals surface area contributed by atoms with Crippen LogP contribution in [0.5, 0.6) is 0 Å². The number of piperidine rings is 1. The third-order valence-corrected chi connectivity index (χ3v) is 3.83. The number of hydrogen-bond donors (Lipinski definition) is 2. The van der Waals surface area contributed by atoms with Crippen molar-refractivity contribution in [3.63, 3.8) is 0 Å². The molecule has 0 bridgehead atoms. The SMILES string of the molecule is CC(N)C(c1cnn(C)c1)N1CCC(C)(O)CC1. The van der Waals surface area contributed by atoms with E-state index >= 15 is 0 Å². The van der Waals surface area contributed by atoms with Gasteiger partial charge in [-0.3, -0.25) is 9.58 Å². The first kappa shape index (κ1) is 13.5. The second-order valence-corrected chi connectivity index (χ2v) is 5.78. The zero-order chi connectivity index (χ0) is 13.3. The van der Waals surface area contributed by atoms with E-state index in [1.165, 1.54) is 0 Å². The molecule has 3 N–H and O–H groups in total. The van der Waals surface area contributed by atoms with Gasteiger partial charge in [-0.15, -0.1) is 0 Å². The highest BCUT2D eigenvalue weighted by Crippen LogP contribution is 2.30. The minimum Gasteiger partial charge on any atom is -0.390 e. The van der Waals surface area contributed by atoms with Crippen molar-refractivity contribution in [2.24, 2.45) is 12.8 Å². The summed E-state index contributed by atoms with van der Waals surface area (Å²) in [6.45, 7) is 5.71. The predicted octanol–water partition coefficient (Wildman–Crippen LogP) is 0.655. The van der Waals surface area contributed by atoms with Gasteiger partial charge in [-0.1, -0.05) is 0 Å². The molecule has 5 nitrogen and oxygen atoms in total. The average Bonchev–Trinajstić information content (AvgIpc) is 2.67. The summed E-state index contributed by atoms with van der Waals surface area (Å²) in [6.07, 6.45) is 5.52. The van der Waals surface area contributed by atoms with Gasteiger partial charge in [-0.2, -0.15) is 5.10 Å². The number of hydrogen-bond acceptors (Lipinski definition) is 4. The van der Waals surface area contributed by atoms with E-state index < -0.39 is 5.60 Å². The van der Waals surface area contributed by atoms with Crippen LogP contribution < -0.4 is 5.73 Å². The number of aliphatic hydroxyl groups is 1. The van der Waals surface area contributed by atoms with E-state index in [0.29, 0.717) is 0 Å². The number of likely N-dealkylation sites (tertiary alicyclic amines) is 1. The predicted molar refractivity (Wildman–Crippen MR) is 71.0 cm³/mol. The Balaban J connectivity index is 2.12. The molecular weight excluding hydrogens is 228 g/mol. The monoisotopic (exact) mass is 252 g/mol. The van der Waals surface area contributed by atoms with Gasteiger partial charge in [0.05, 0.1) is 17.8 Å². The van der Waals surface area contributed by atoms with E-state index in [0.717, 1.165) is 31.5 Å². The molecule has 2 atom stereocenters. The van der Waals surface area contributed by atoms with E-state index in [2.05, 4.69) is 10.00 Å². The van der Waals surface area contributed by atoms with Crippen molar-refractivity contribution in [1.82, 2.24) is 14.7 Å². The number of aryl methyl sites for hydroxylation is 1. The quantitative estimate of drug-likeness (QED) is 0.829. The van der Waals surface area contributed by atoms with Crippen molar-refractivity contribution < 1.29 is 5.11 Å². The highest BCUT2D eigenvalue weighted by molar-refractivity contribution is 5.13. The van der Waals surface area contributed by atoms with Gasteiger partial charge < -0.3 is 10.8 Å². The van der Waals surface area contributed by atoms with Gasteiger partial charge >= 0.3 is 0 Å². The lowest BCUT2D eigenvalue weighted by Gasteiger charge is -2.41. The van der Waals surface area contributed by atoms with Crippen LogP contribution in [0.2, 0.25) is 0 Å². The van der Waals surface area contributed by atoms with Crippen molar-refractivity contribution in [2.75, 3.05) is 13.1 Å². The zero-order valence-electron chi connectivity index (χ0n) is 11.5. The lowest BCUT2D eigenvalue weighted by molar-refractivity contribution is -0.0194. The Morgan fingerprint density at radius 1 is 1.44 bits per heavy atom. The number of nitrogens with zero attached hydrogens (tertiary/aromatic N) is 3. The molecule has 1 aromatic rings. The van der Waals surface area contributed by atoms with Gasteiger partial charge in [0.15, 0.2) is 0 Å². The van der Waals surface area contributed by atoms with Crippen LogP contribution in [-0.4, -0.2) is 44.5 Å². The second kappa shape index (κ2) is 4.99. The van der Waals surface area contributed by atoms with Crippen molar-refractivity contribution in [3.8, 4) is 0 Å². The summed E-state index contributed by atoms with van der Waals surface area (Å²) in [4.78, 5) is 2.36. The minimum absolute atomic E-state index is 0.0530. The molecule has 1 aliphatic heterocycles. The second-order valence-electron chi connectivity index (χ2n) is 5.78. The van der Waals surface area contributed by atoms with Crippen LogP contribution in [0.15, 0.2) is 12.4 Å². The first-order valence-electron chi connectivity index (χ1n) is 6.60. The lowest BCUT2D eigenvalue weighted by Crippen LogP contribution is -2.47. The molecule has 2 heterocycles. The molecule has 18 heavy (non-hydrogen) atoms. The Morgan fingerprint density at radius 2 is 2.06 bits per heavy atom. The standard InChI is InChI=1S/C13H24N4O/c1-10(14)12(11-8-15-16(3)9-11)17-6-4-13(2,18)5-7-17/h8-10,12,18H,4-7,14H2,1-3H3. The van der Waals surface area contributed by atoms with Crippen LogP contribution in [0.3, 0.4) is 0 Å². The van der Waals surface area contributed by atoms with Crippen LogP contribution >= 0.6 is 0 Å². The lowest BCUT2D eigenvalue weighted by atomic mass is 9.91. The molecule has 0 radical (unpaired) electrons. The minimum atomic E-state index is -0.520. The molecule has 1 saturated heterocycles. The molecule has 0 saturated carbocycles. The molecule has 1 fully saturated rings. The molecule has 0 amide bonds. The number of nitrogens with two attached hydrogens (primary N) is 1. The summed E-state index contributed by atoms with van der Waals surface area (Å²) in [5.74, 6) is 0. The maximum atomic E-state index is 10.0. The Kier molecular flexibility index (Phi) is 3.75. The van der Waals surface area contributed by atoms with Crippen LogP contribution in [0.1, 0.15) is 38.3 Å². The maximum Gasteiger partial charge on any atom is 0.0644 e. The Labute approximate surface area is 109 Å². The van der Waals surface area contributed by atoms with E-state index in [1.807, 2.05) is 38.0 Å². The number of rotatable bonds is 3. The van der Waals surface area contributed by atoms with Gasteiger partial charge in [-0.25, -0.2) is 0 Å². The summed E-state index contributed by atoms with van der Waals surface area (Å²) in [5.41, 5.74) is 6.78. The Hall–Kier alpha value is -0.910. The third-order valence-electron chi connectivity index (χ3n) is 3.83. The molecule has 0 spiro atoms. The van der Waals surface area contributed by atoms with E-state index in [1.54, 1.807) is 0 Å². The molecular formula is C13H24N4O. The van der Waals surface area contributed by atoms with E-state index in [-0.39, 0.29) is 12.1 Å². The highest BCUT2D eigenvalue weighted by Gasteiger charge is 2.33. The summed E-state index contributed by atoms with van der Waals surface area (Å²) in [6, 6.07) is 0.243. The highest BCUT2D eigenvalue weighted by atomic mass is 16.3. The maximum absolute atomic E-state index is 10.0. The van der Waals surface area contributed by atoms with Gasteiger partial charge in [-0.05, 0) is 26.7 Å². The zero-order valence-corrected chi connectivity index (χ0v) is 11.5. The van der Waals surface area contributed by atoms with E-state index in [4.69, 9.17) is 5.73 Å². The average molecular weight is 252 g/mol. The van der Waals surface area contributed by atoms with Crippen LogP contribution in [0.4, 0.5) is 0 Å². The molecule has 0 aliphatic carbocycles. The van der Waals surface area contributed by atoms with Crippen molar-refractivity contribution in [1.29, 1.82) is 0 Å². The first-order chi connectivity index (χ1) is 8.39. The summed E-state index contributed by atoms with van der Waals surface area (Å²) >= 11 is 0. The molecule has 0 aromatic carbocycles. The third kappa shape index (κ3) is 2.91. The Morgan fingerprint density at radius 3 is 2.50 bits per heavy atom. The molecule has 2 rings (SSSR count). The van der Waals surface area contributed by atoms with Gasteiger partial charge in [0, 0.05) is 37.9 Å². The summed E-state index contributed by atoms with van der Waals surface area (Å²) in [7, 11) is 1.92. The van der Waals surface area contributed by atoms with Crippen LogP contribution in [0, 0.1) is 0 Å². The fourth-order valence-electron chi connectivity index (χ4n) is 2.72. The van der Waals surface area contributed by atoms with Crippen molar-refractivity contribution >= 4 is 0 Å². The van der Waals surface area contributed by atoms with E-state index in [9.17, 15) is 5.11 Å². The topological polar surface area (TPSA) is 67.3 Å². The molecule has 102 valence electrons. The fourth-order valence-corrected chi connectivity index (χ4v) is 2.72. The fraction of sp³-hybridized carbons (Fsp3) is 0.769. The first-order valence-corrected chi connectivity index (χ1v) is 6.60. The van der Waals surface area contributed by atoms with Gasteiger partial charge in [0.2, 0.25) is 0 Å². The largest absolute Gasteiger partial charge is 0.390 e. The van der Waals surface area contributed by atoms with Crippen molar-refractivity contribution in [2.45, 2.75) is 44.4 Å². The van der Waals surface area contributed by atoms with Crippen molar-refractivity contribution in [3.05, 3.63) is 18.0 Å². The number of aromatic nitrogens is 2. The molecule has 1 aromatic heterocycles.